The van der Waals surface area contributed by atoms with Crippen LogP contribution in [0.25, 0.3) is 0 Å². The summed E-state index contributed by atoms with van der Waals surface area (Å²) < 4.78 is 32.9. The molecule has 1 amide bonds. The van der Waals surface area contributed by atoms with Gasteiger partial charge in [-0.05, 0) is 42.9 Å². The average Bonchev–Trinajstić information content (AvgIpc) is 2.93. The first-order chi connectivity index (χ1) is 12.1. The molecule has 3 rings (SSSR count). The number of ketones is 1. The molecule has 2 aliphatic carbocycles. The molecule has 1 N–H and O–H groups in total. The highest BCUT2D eigenvalue weighted by Gasteiger charge is 2.65. The Kier molecular flexibility index (Phi) is 5.11. The topological polar surface area (TPSA) is 92.8 Å². The van der Waals surface area contributed by atoms with Crippen molar-refractivity contribution >= 4 is 21.9 Å². The molecule has 1 heterocycles. The van der Waals surface area contributed by atoms with E-state index >= 15 is 0 Å². The van der Waals surface area contributed by atoms with Crippen molar-refractivity contribution in [3.05, 3.63) is 0 Å². The van der Waals surface area contributed by atoms with Crippen LogP contribution in [-0.2, 0) is 19.6 Å². The molecule has 0 aromatic rings. The van der Waals surface area contributed by atoms with Gasteiger partial charge in [0.05, 0.1) is 12.9 Å². The number of nitrogens with one attached hydrogen (secondary N) is 1. The van der Waals surface area contributed by atoms with Gasteiger partial charge < -0.3 is 9.64 Å². The molecule has 1 saturated heterocycles. The van der Waals surface area contributed by atoms with E-state index in [-0.39, 0.29) is 29.0 Å². The van der Waals surface area contributed by atoms with Crippen molar-refractivity contribution in [1.82, 2.24) is 9.62 Å². The fourth-order valence-electron chi connectivity index (χ4n) is 5.18. The fourth-order valence-corrected chi connectivity index (χ4v) is 7.09. The van der Waals surface area contributed by atoms with Crippen molar-refractivity contribution in [1.29, 1.82) is 0 Å². The number of carbonyl (C=O) groups excluding carboxylic acids is 2. The number of hydrogen-bond acceptors (Lipinski definition) is 5. The van der Waals surface area contributed by atoms with E-state index < -0.39 is 15.4 Å². The summed E-state index contributed by atoms with van der Waals surface area (Å²) in [5, 5.41) is 0. The van der Waals surface area contributed by atoms with Crippen LogP contribution < -0.4 is 4.72 Å². The molecule has 0 radical (unpaired) electrons. The number of hydrogen-bond donors (Lipinski definition) is 1. The number of piperidine rings is 1. The van der Waals surface area contributed by atoms with Crippen molar-refractivity contribution in [2.75, 3.05) is 32.5 Å². The number of methoxy groups -OCH3 is 1. The number of rotatable bonds is 5. The van der Waals surface area contributed by atoms with E-state index in [1.54, 1.807) is 4.90 Å². The van der Waals surface area contributed by atoms with E-state index in [1.165, 1.54) is 7.11 Å². The zero-order valence-electron chi connectivity index (χ0n) is 15.9. The van der Waals surface area contributed by atoms with Gasteiger partial charge in [0.15, 0.2) is 0 Å². The molecule has 148 valence electrons. The van der Waals surface area contributed by atoms with Crippen molar-refractivity contribution in [3.8, 4) is 0 Å². The lowest BCUT2D eigenvalue weighted by Crippen LogP contribution is -2.47. The third-order valence-electron chi connectivity index (χ3n) is 7.21. The molecule has 2 bridgehead atoms. The molecule has 26 heavy (non-hydrogen) atoms. The second-order valence-corrected chi connectivity index (χ2v) is 10.5. The first kappa shape index (κ1) is 19.6. The van der Waals surface area contributed by atoms with E-state index in [0.717, 1.165) is 19.3 Å². The van der Waals surface area contributed by atoms with Gasteiger partial charge in [-0.1, -0.05) is 13.8 Å². The van der Waals surface area contributed by atoms with Gasteiger partial charge in [-0.15, -0.1) is 0 Å². The Morgan fingerprint density at radius 2 is 1.92 bits per heavy atom. The van der Waals surface area contributed by atoms with Crippen molar-refractivity contribution in [2.45, 2.75) is 46.0 Å². The van der Waals surface area contributed by atoms with Gasteiger partial charge >= 0.3 is 6.09 Å². The first-order valence-electron chi connectivity index (χ1n) is 9.45. The predicted octanol–water partition coefficient (Wildman–Crippen LogP) is 1.78. The second kappa shape index (κ2) is 6.78. The predicted molar refractivity (Wildman–Crippen MR) is 97.1 cm³/mol. The van der Waals surface area contributed by atoms with Crippen LogP contribution >= 0.6 is 0 Å². The summed E-state index contributed by atoms with van der Waals surface area (Å²) in [6.07, 6.45) is 3.31. The summed E-state index contributed by atoms with van der Waals surface area (Å²) in [6.45, 7) is 5.62. The summed E-state index contributed by atoms with van der Waals surface area (Å²) in [6, 6.07) is 0. The maximum absolute atomic E-state index is 12.7. The number of fused-ring (bicyclic) bond motifs is 2. The molecule has 0 aromatic heterocycles. The van der Waals surface area contributed by atoms with Crippen LogP contribution in [-0.4, -0.2) is 57.7 Å². The van der Waals surface area contributed by atoms with Crippen molar-refractivity contribution < 1.29 is 22.7 Å². The van der Waals surface area contributed by atoms with E-state index in [1.807, 2.05) is 13.8 Å². The molecule has 0 spiro atoms. The zero-order valence-corrected chi connectivity index (χ0v) is 16.7. The Balaban J connectivity index is 1.56. The Labute approximate surface area is 155 Å². The number of likely N-dealkylation sites (tertiary alicyclic amines) is 1. The smallest absolute Gasteiger partial charge is 0.409 e. The standard InChI is InChI=1S/C18H30N2O5S/c1-17(2)14-4-7-18(17,15(21)10-14)12-26(23,24)19-11-13-5-8-20(9-6-13)16(22)25-3/h13-14,19H,4-12H2,1-3H3. The largest absolute Gasteiger partial charge is 0.453 e. The number of ether oxygens (including phenoxy) is 1. The van der Waals surface area contributed by atoms with Gasteiger partial charge in [0.2, 0.25) is 10.0 Å². The van der Waals surface area contributed by atoms with Gasteiger partial charge in [-0.2, -0.15) is 0 Å². The van der Waals surface area contributed by atoms with Crippen LogP contribution in [0.5, 0.6) is 0 Å². The normalized spacial score (nSPS) is 31.4. The molecule has 1 aliphatic heterocycles. The minimum Gasteiger partial charge on any atom is -0.453 e. The summed E-state index contributed by atoms with van der Waals surface area (Å²) >= 11 is 0. The van der Waals surface area contributed by atoms with E-state index in [2.05, 4.69) is 4.72 Å². The van der Waals surface area contributed by atoms with Crippen LogP contribution in [0, 0.1) is 22.7 Å². The van der Waals surface area contributed by atoms with Crippen LogP contribution in [0.2, 0.25) is 0 Å². The number of carbonyl (C=O) groups is 2. The summed E-state index contributed by atoms with van der Waals surface area (Å²) in [7, 11) is -2.16. The summed E-state index contributed by atoms with van der Waals surface area (Å²) in [5.74, 6) is 0.540. The average molecular weight is 387 g/mol. The number of sulfonamides is 1. The lowest BCUT2D eigenvalue weighted by atomic mass is 9.70. The highest BCUT2D eigenvalue weighted by molar-refractivity contribution is 7.89. The van der Waals surface area contributed by atoms with Crippen LogP contribution in [0.3, 0.4) is 0 Å². The van der Waals surface area contributed by atoms with Gasteiger partial charge in [0.1, 0.15) is 5.78 Å². The molecule has 2 saturated carbocycles. The molecule has 3 aliphatic rings. The monoisotopic (exact) mass is 386 g/mol. The SMILES string of the molecule is COC(=O)N1CCC(CNS(=O)(=O)CC23CCC(CC2=O)C3(C)C)CC1. The molecular formula is C18H30N2O5S. The van der Waals surface area contributed by atoms with E-state index in [0.29, 0.717) is 38.4 Å². The third-order valence-corrected chi connectivity index (χ3v) is 8.69. The Bertz CT molecular complexity index is 682. The second-order valence-electron chi connectivity index (χ2n) is 8.67. The van der Waals surface area contributed by atoms with E-state index in [9.17, 15) is 18.0 Å². The Hall–Kier alpha value is -1.15. The van der Waals surface area contributed by atoms with Crippen LogP contribution in [0.4, 0.5) is 4.79 Å². The number of nitrogens with zero attached hydrogens (tertiary/aromatic N) is 1. The lowest BCUT2D eigenvalue weighted by molar-refractivity contribution is -0.128. The van der Waals surface area contributed by atoms with Gasteiger partial charge in [0.25, 0.3) is 0 Å². The van der Waals surface area contributed by atoms with Gasteiger partial charge in [-0.25, -0.2) is 17.9 Å². The first-order valence-corrected chi connectivity index (χ1v) is 11.1. The molecule has 2 unspecified atom stereocenters. The number of amides is 1. The fraction of sp³-hybridized carbons (Fsp3) is 0.889. The lowest BCUT2D eigenvalue weighted by Gasteiger charge is -2.36. The van der Waals surface area contributed by atoms with Gasteiger partial charge in [0, 0.05) is 31.5 Å². The number of Topliss-reactive ketones (excluding diaryl/α,β-unsaturated/α-hetero) is 1. The minimum atomic E-state index is -3.52. The quantitative estimate of drug-likeness (QED) is 0.777. The molecule has 0 aromatic carbocycles. The molecule has 2 atom stereocenters. The van der Waals surface area contributed by atoms with E-state index in [4.69, 9.17) is 4.74 Å². The Morgan fingerprint density at radius 3 is 2.42 bits per heavy atom. The molecule has 8 heteroatoms. The van der Waals surface area contributed by atoms with Crippen LogP contribution in [0.1, 0.15) is 46.0 Å². The molecule has 7 nitrogen and oxygen atoms in total. The van der Waals surface area contributed by atoms with Crippen molar-refractivity contribution in [3.63, 3.8) is 0 Å². The van der Waals surface area contributed by atoms with Gasteiger partial charge in [-0.3, -0.25) is 4.79 Å². The third kappa shape index (κ3) is 3.26. The molecule has 3 fully saturated rings. The van der Waals surface area contributed by atoms with Crippen LogP contribution in [0.15, 0.2) is 0 Å². The maximum atomic E-state index is 12.7. The minimum absolute atomic E-state index is 0.0939. The zero-order chi connectivity index (χ0) is 19.2. The molecular weight excluding hydrogens is 356 g/mol. The summed E-state index contributed by atoms with van der Waals surface area (Å²) in [5.41, 5.74) is -0.970. The van der Waals surface area contributed by atoms with Crippen molar-refractivity contribution in [2.24, 2.45) is 22.7 Å². The summed E-state index contributed by atoms with van der Waals surface area (Å²) in [4.78, 5) is 25.7. The maximum Gasteiger partial charge on any atom is 0.409 e. The highest BCUT2D eigenvalue weighted by Crippen LogP contribution is 2.64. The Morgan fingerprint density at radius 1 is 1.27 bits per heavy atom. The highest BCUT2D eigenvalue weighted by atomic mass is 32.2.